The molecule has 0 aromatic heterocycles. The molecule has 0 spiro atoms. The van der Waals surface area contributed by atoms with Crippen LogP contribution in [0.2, 0.25) is 0 Å². The van der Waals surface area contributed by atoms with E-state index in [0.29, 0.717) is 11.1 Å². The summed E-state index contributed by atoms with van der Waals surface area (Å²) in [5.41, 5.74) is 6.28. The molecule has 0 atom stereocenters. The highest BCUT2D eigenvalue weighted by atomic mass is 19.1. The van der Waals surface area contributed by atoms with E-state index < -0.39 is 5.82 Å². The van der Waals surface area contributed by atoms with E-state index in [9.17, 15) is 4.39 Å². The first kappa shape index (κ1) is 8.17. The molecule has 2 nitrogen and oxygen atoms in total. The van der Waals surface area contributed by atoms with Crippen molar-refractivity contribution < 1.29 is 9.50 Å². The van der Waals surface area contributed by atoms with Crippen molar-refractivity contribution in [3.05, 3.63) is 35.1 Å². The van der Waals surface area contributed by atoms with Gasteiger partial charge in [0.05, 0.1) is 6.61 Å². The minimum atomic E-state index is -0.393. The van der Waals surface area contributed by atoms with Crippen LogP contribution in [-0.4, -0.2) is 5.11 Å². The second-order valence-electron chi connectivity index (χ2n) is 2.24. The lowest BCUT2D eigenvalue weighted by molar-refractivity contribution is 0.274. The molecule has 60 valence electrons. The molecule has 1 aromatic rings. The average Bonchev–Trinajstić information content (AvgIpc) is 2.04. The van der Waals surface area contributed by atoms with Gasteiger partial charge in [0.1, 0.15) is 5.82 Å². The van der Waals surface area contributed by atoms with Gasteiger partial charge in [-0.15, -0.1) is 0 Å². The number of aliphatic hydroxyl groups excluding tert-OH is 1. The van der Waals surface area contributed by atoms with E-state index in [0.717, 1.165) is 0 Å². The van der Waals surface area contributed by atoms with Crippen LogP contribution in [0.1, 0.15) is 11.1 Å². The highest BCUT2D eigenvalue weighted by molar-refractivity contribution is 5.27. The van der Waals surface area contributed by atoms with Gasteiger partial charge in [0, 0.05) is 12.1 Å². The zero-order valence-electron chi connectivity index (χ0n) is 6.05. The van der Waals surface area contributed by atoms with Crippen molar-refractivity contribution in [3.8, 4) is 0 Å². The summed E-state index contributed by atoms with van der Waals surface area (Å²) in [6.45, 7) is -0.0349. The van der Waals surface area contributed by atoms with Gasteiger partial charge < -0.3 is 10.8 Å². The average molecular weight is 155 g/mol. The zero-order valence-corrected chi connectivity index (χ0v) is 6.05. The van der Waals surface area contributed by atoms with Crippen LogP contribution in [0.5, 0.6) is 0 Å². The summed E-state index contributed by atoms with van der Waals surface area (Å²) in [7, 11) is 0. The number of aliphatic hydroxyl groups is 1. The highest BCUT2D eigenvalue weighted by Gasteiger charge is 2.04. The Hall–Kier alpha value is -0.930. The smallest absolute Gasteiger partial charge is 0.129 e. The molecule has 0 aliphatic heterocycles. The molecular formula is C8H10FNO. The van der Waals surface area contributed by atoms with Gasteiger partial charge in [-0.05, 0) is 11.6 Å². The van der Waals surface area contributed by atoms with E-state index >= 15 is 0 Å². The van der Waals surface area contributed by atoms with Crippen LogP contribution in [-0.2, 0) is 13.2 Å². The molecule has 3 N–H and O–H groups in total. The molecule has 0 saturated carbocycles. The Kier molecular flexibility index (Phi) is 2.57. The molecule has 0 saturated heterocycles. The van der Waals surface area contributed by atoms with E-state index in [1.165, 1.54) is 6.07 Å². The van der Waals surface area contributed by atoms with Crippen LogP contribution >= 0.6 is 0 Å². The lowest BCUT2D eigenvalue weighted by Crippen LogP contribution is -2.03. The standard InChI is InChI=1S/C8H10FNO/c9-8-3-1-2-6(4-10)7(8)5-11/h1-3,11H,4-5,10H2. The second kappa shape index (κ2) is 3.46. The Morgan fingerprint density at radius 3 is 2.64 bits per heavy atom. The Bertz CT molecular complexity index is 250. The molecule has 0 amide bonds. The topological polar surface area (TPSA) is 46.2 Å². The molecule has 0 aliphatic rings. The van der Waals surface area contributed by atoms with Gasteiger partial charge in [-0.2, -0.15) is 0 Å². The Morgan fingerprint density at radius 2 is 2.18 bits per heavy atom. The fourth-order valence-electron chi connectivity index (χ4n) is 0.972. The van der Waals surface area contributed by atoms with Crippen molar-refractivity contribution in [1.82, 2.24) is 0 Å². The molecule has 0 aliphatic carbocycles. The molecule has 0 fully saturated rings. The molecule has 0 bridgehead atoms. The maximum atomic E-state index is 12.8. The summed E-state index contributed by atoms with van der Waals surface area (Å²) >= 11 is 0. The van der Waals surface area contributed by atoms with Gasteiger partial charge in [-0.1, -0.05) is 12.1 Å². The number of nitrogens with two attached hydrogens (primary N) is 1. The molecule has 3 heteroatoms. The van der Waals surface area contributed by atoms with Crippen LogP contribution in [0.4, 0.5) is 4.39 Å². The van der Waals surface area contributed by atoms with Crippen LogP contribution in [0, 0.1) is 5.82 Å². The largest absolute Gasteiger partial charge is 0.392 e. The van der Waals surface area contributed by atoms with Crippen LogP contribution in [0.15, 0.2) is 18.2 Å². The molecule has 1 rings (SSSR count). The summed E-state index contributed by atoms with van der Waals surface area (Å²) < 4.78 is 12.8. The van der Waals surface area contributed by atoms with Crippen LogP contribution < -0.4 is 5.73 Å². The number of halogens is 1. The predicted octanol–water partition coefficient (Wildman–Crippen LogP) is 0.777. The minimum Gasteiger partial charge on any atom is -0.392 e. The van der Waals surface area contributed by atoms with Crippen LogP contribution in [0.25, 0.3) is 0 Å². The fourth-order valence-corrected chi connectivity index (χ4v) is 0.972. The quantitative estimate of drug-likeness (QED) is 0.662. The third-order valence-corrected chi connectivity index (χ3v) is 1.59. The van der Waals surface area contributed by atoms with Gasteiger partial charge in [0.2, 0.25) is 0 Å². The first-order valence-corrected chi connectivity index (χ1v) is 3.36. The monoisotopic (exact) mass is 155 g/mol. The first-order valence-electron chi connectivity index (χ1n) is 3.36. The van der Waals surface area contributed by atoms with Crippen molar-refractivity contribution in [2.75, 3.05) is 0 Å². The van der Waals surface area contributed by atoms with Gasteiger partial charge in [0.25, 0.3) is 0 Å². The molecule has 1 aromatic carbocycles. The van der Waals surface area contributed by atoms with Gasteiger partial charge >= 0.3 is 0 Å². The van der Waals surface area contributed by atoms with Crippen molar-refractivity contribution >= 4 is 0 Å². The molecule has 11 heavy (non-hydrogen) atoms. The van der Waals surface area contributed by atoms with Crippen molar-refractivity contribution in [3.63, 3.8) is 0 Å². The summed E-state index contributed by atoms with van der Waals surface area (Å²) in [5, 5.41) is 8.73. The zero-order chi connectivity index (χ0) is 8.27. The third kappa shape index (κ3) is 1.56. The molecule has 0 unspecified atom stereocenters. The Balaban J connectivity index is 3.13. The summed E-state index contributed by atoms with van der Waals surface area (Å²) in [6, 6.07) is 4.59. The third-order valence-electron chi connectivity index (χ3n) is 1.59. The molecular weight excluding hydrogens is 145 g/mol. The van der Waals surface area contributed by atoms with E-state index in [1.807, 2.05) is 0 Å². The summed E-state index contributed by atoms with van der Waals surface area (Å²) in [6.07, 6.45) is 0. The number of benzene rings is 1. The predicted molar refractivity (Wildman–Crippen MR) is 40.2 cm³/mol. The lowest BCUT2D eigenvalue weighted by atomic mass is 10.1. The normalized spacial score (nSPS) is 10.1. The second-order valence-corrected chi connectivity index (χ2v) is 2.24. The molecule has 0 radical (unpaired) electrons. The minimum absolute atomic E-state index is 0.258. The van der Waals surface area contributed by atoms with E-state index in [-0.39, 0.29) is 13.2 Å². The molecule has 0 heterocycles. The maximum absolute atomic E-state index is 12.8. The van der Waals surface area contributed by atoms with Crippen LogP contribution in [0.3, 0.4) is 0 Å². The van der Waals surface area contributed by atoms with Crippen molar-refractivity contribution in [2.45, 2.75) is 13.2 Å². The Labute approximate surface area is 64.5 Å². The van der Waals surface area contributed by atoms with Gasteiger partial charge in [0.15, 0.2) is 0 Å². The van der Waals surface area contributed by atoms with E-state index in [4.69, 9.17) is 10.8 Å². The van der Waals surface area contributed by atoms with Gasteiger partial charge in [-0.3, -0.25) is 0 Å². The number of rotatable bonds is 2. The van der Waals surface area contributed by atoms with E-state index in [2.05, 4.69) is 0 Å². The summed E-state index contributed by atoms with van der Waals surface area (Å²) in [4.78, 5) is 0. The summed E-state index contributed by atoms with van der Waals surface area (Å²) in [5.74, 6) is -0.393. The fraction of sp³-hybridized carbons (Fsp3) is 0.250. The first-order chi connectivity index (χ1) is 5.29. The maximum Gasteiger partial charge on any atom is 0.129 e. The SMILES string of the molecule is NCc1cccc(F)c1CO. The van der Waals surface area contributed by atoms with E-state index in [1.54, 1.807) is 12.1 Å². The number of hydrogen-bond acceptors (Lipinski definition) is 2. The highest BCUT2D eigenvalue weighted by Crippen LogP contribution is 2.12. The Morgan fingerprint density at radius 1 is 1.45 bits per heavy atom. The van der Waals surface area contributed by atoms with Crippen molar-refractivity contribution in [1.29, 1.82) is 0 Å². The van der Waals surface area contributed by atoms with Gasteiger partial charge in [-0.25, -0.2) is 4.39 Å². The number of hydrogen-bond donors (Lipinski definition) is 2. The van der Waals surface area contributed by atoms with Crippen molar-refractivity contribution in [2.24, 2.45) is 5.73 Å². The lowest BCUT2D eigenvalue weighted by Gasteiger charge is -2.04.